The van der Waals surface area contributed by atoms with Crippen LogP contribution in [0.5, 0.6) is 0 Å². The van der Waals surface area contributed by atoms with Crippen LogP contribution in [0.3, 0.4) is 0 Å². The smallest absolute Gasteiger partial charge is 0.312 e. The molecule has 3 aromatic heterocycles. The number of rotatable bonds is 8. The average Bonchev–Trinajstić information content (AvgIpc) is 3.43. The van der Waals surface area contributed by atoms with Gasteiger partial charge in [0.25, 0.3) is 0 Å². The minimum atomic E-state index is -0.961. The van der Waals surface area contributed by atoms with Crippen LogP contribution in [0, 0.1) is 0 Å². The maximum atomic E-state index is 11.8. The van der Waals surface area contributed by atoms with Crippen LogP contribution in [0.15, 0.2) is 59.6 Å². The van der Waals surface area contributed by atoms with E-state index >= 15 is 0 Å². The van der Waals surface area contributed by atoms with Gasteiger partial charge < -0.3 is 19.9 Å². The van der Waals surface area contributed by atoms with Gasteiger partial charge in [0.15, 0.2) is 0 Å². The van der Waals surface area contributed by atoms with Crippen molar-refractivity contribution in [2.45, 2.75) is 38.6 Å². The molecule has 0 saturated carbocycles. The molecule has 32 heavy (non-hydrogen) atoms. The maximum Gasteiger partial charge on any atom is 0.312 e. The van der Waals surface area contributed by atoms with Crippen molar-refractivity contribution in [1.82, 2.24) is 24.7 Å². The molecule has 164 valence electrons. The summed E-state index contributed by atoms with van der Waals surface area (Å²) in [5, 5.41) is 13.7. The number of carbonyl (C=O) groups is 1. The van der Waals surface area contributed by atoms with Crippen LogP contribution in [-0.2, 0) is 17.8 Å². The summed E-state index contributed by atoms with van der Waals surface area (Å²) in [5.41, 5.74) is 8.93. The van der Waals surface area contributed by atoms with Crippen molar-refractivity contribution in [3.63, 3.8) is 0 Å². The summed E-state index contributed by atoms with van der Waals surface area (Å²) in [5.74, 6) is -0.0104. The number of nitrogens with two attached hydrogens (primary N) is 1. The fraction of sp³-hybridized carbons (Fsp3) is 0.261. The zero-order chi connectivity index (χ0) is 22.7. The number of nitrogens with zero attached hydrogens (tertiary/aromatic N) is 5. The zero-order valence-corrected chi connectivity index (χ0v) is 17.8. The molecule has 4 rings (SSSR count). The molecule has 4 aromatic rings. The van der Waals surface area contributed by atoms with Gasteiger partial charge in [-0.2, -0.15) is 4.98 Å². The lowest BCUT2D eigenvalue weighted by atomic mass is 9.98. The SMILES string of the molecule is CC(C)c1ccc(-c2noc(Cn3cnc(C(Cc4ccc(N)nc4)C(=O)O)c3)n2)cc1. The highest BCUT2D eigenvalue weighted by molar-refractivity contribution is 5.75. The molecule has 0 bridgehead atoms. The Morgan fingerprint density at radius 2 is 1.94 bits per heavy atom. The summed E-state index contributed by atoms with van der Waals surface area (Å²) in [4.78, 5) is 24.6. The summed E-state index contributed by atoms with van der Waals surface area (Å²) in [6.45, 7) is 4.57. The average molecular weight is 432 g/mol. The molecule has 0 saturated heterocycles. The monoisotopic (exact) mass is 432 g/mol. The fourth-order valence-corrected chi connectivity index (χ4v) is 3.36. The van der Waals surface area contributed by atoms with Gasteiger partial charge in [-0.25, -0.2) is 9.97 Å². The van der Waals surface area contributed by atoms with Crippen molar-refractivity contribution in [2.24, 2.45) is 0 Å². The van der Waals surface area contributed by atoms with Crippen LogP contribution >= 0.6 is 0 Å². The van der Waals surface area contributed by atoms with Crippen LogP contribution in [0.2, 0.25) is 0 Å². The number of aliphatic carboxylic acids is 1. The van der Waals surface area contributed by atoms with E-state index in [0.29, 0.717) is 35.7 Å². The third-order valence-electron chi connectivity index (χ3n) is 5.22. The first-order valence-electron chi connectivity index (χ1n) is 10.3. The topological polar surface area (TPSA) is 133 Å². The molecular weight excluding hydrogens is 408 g/mol. The molecule has 3 heterocycles. The third kappa shape index (κ3) is 4.83. The van der Waals surface area contributed by atoms with Crippen molar-refractivity contribution in [2.75, 3.05) is 5.73 Å². The summed E-state index contributed by atoms with van der Waals surface area (Å²) >= 11 is 0. The van der Waals surface area contributed by atoms with E-state index < -0.39 is 11.9 Å². The Bertz CT molecular complexity index is 1200. The van der Waals surface area contributed by atoms with Crippen LogP contribution in [0.4, 0.5) is 5.82 Å². The van der Waals surface area contributed by atoms with Gasteiger partial charge in [-0.1, -0.05) is 49.3 Å². The number of carboxylic acids is 1. The van der Waals surface area contributed by atoms with Gasteiger partial charge in [0.1, 0.15) is 18.3 Å². The molecule has 0 aliphatic heterocycles. The van der Waals surface area contributed by atoms with E-state index in [2.05, 4.69) is 46.1 Å². The van der Waals surface area contributed by atoms with Gasteiger partial charge >= 0.3 is 5.97 Å². The molecule has 0 spiro atoms. The Balaban J connectivity index is 1.46. The lowest BCUT2D eigenvalue weighted by Gasteiger charge is -2.09. The Hall–Kier alpha value is -4.01. The molecule has 0 radical (unpaired) electrons. The number of benzene rings is 1. The molecule has 1 aromatic carbocycles. The predicted octanol–water partition coefficient (Wildman–Crippen LogP) is 3.49. The highest BCUT2D eigenvalue weighted by atomic mass is 16.5. The number of aromatic nitrogens is 5. The Morgan fingerprint density at radius 1 is 1.16 bits per heavy atom. The van der Waals surface area contributed by atoms with Gasteiger partial charge in [0.2, 0.25) is 11.7 Å². The quantitative estimate of drug-likeness (QED) is 0.432. The van der Waals surface area contributed by atoms with Crippen molar-refractivity contribution < 1.29 is 14.4 Å². The van der Waals surface area contributed by atoms with E-state index in [4.69, 9.17) is 10.3 Å². The fourth-order valence-electron chi connectivity index (χ4n) is 3.36. The summed E-state index contributed by atoms with van der Waals surface area (Å²) in [7, 11) is 0. The third-order valence-corrected chi connectivity index (χ3v) is 5.22. The maximum absolute atomic E-state index is 11.8. The number of pyridine rings is 1. The molecular formula is C23H24N6O3. The molecule has 9 heteroatoms. The van der Waals surface area contributed by atoms with Gasteiger partial charge in [-0.3, -0.25) is 4.79 Å². The first kappa shape index (κ1) is 21.2. The standard InChI is InChI=1S/C23H24N6O3/c1-14(2)16-4-6-17(7-5-16)22-27-21(32-28-22)12-29-11-19(26-13-29)18(23(30)31)9-15-3-8-20(24)25-10-15/h3-8,10-11,13-14,18H,9,12H2,1-2H3,(H2,24,25)(H,30,31). The van der Waals surface area contributed by atoms with Crippen molar-refractivity contribution in [3.8, 4) is 11.4 Å². The molecule has 0 fully saturated rings. The number of hydrogen-bond acceptors (Lipinski definition) is 7. The second kappa shape index (κ2) is 9.01. The second-order valence-corrected chi connectivity index (χ2v) is 7.95. The van der Waals surface area contributed by atoms with E-state index in [1.54, 1.807) is 35.4 Å². The molecule has 3 N–H and O–H groups in total. The van der Waals surface area contributed by atoms with Crippen molar-refractivity contribution in [1.29, 1.82) is 0 Å². The number of anilines is 1. The summed E-state index contributed by atoms with van der Waals surface area (Å²) < 4.78 is 7.11. The van der Waals surface area contributed by atoms with Crippen molar-refractivity contribution in [3.05, 3.63) is 77.8 Å². The number of carboxylic acid groups (broad SMARTS) is 1. The minimum Gasteiger partial charge on any atom is -0.481 e. The van der Waals surface area contributed by atoms with E-state index in [-0.39, 0.29) is 6.42 Å². The minimum absolute atomic E-state index is 0.261. The Morgan fingerprint density at radius 3 is 2.59 bits per heavy atom. The number of imidazole rings is 1. The van der Waals surface area contributed by atoms with Gasteiger partial charge in [-0.15, -0.1) is 0 Å². The van der Waals surface area contributed by atoms with Crippen LogP contribution < -0.4 is 5.73 Å². The normalized spacial score (nSPS) is 12.2. The second-order valence-electron chi connectivity index (χ2n) is 7.95. The number of nitrogen functional groups attached to an aromatic ring is 1. The Labute approximate surface area is 184 Å². The molecule has 0 aliphatic carbocycles. The molecule has 0 aliphatic rings. The molecule has 1 unspecified atom stereocenters. The molecule has 0 amide bonds. The Kier molecular flexibility index (Phi) is 5.98. The predicted molar refractivity (Wildman–Crippen MR) is 118 cm³/mol. The summed E-state index contributed by atoms with van der Waals surface area (Å²) in [6.07, 6.45) is 5.09. The van der Waals surface area contributed by atoms with Crippen LogP contribution in [-0.4, -0.2) is 35.8 Å². The van der Waals surface area contributed by atoms with E-state index in [1.807, 2.05) is 12.1 Å². The van der Waals surface area contributed by atoms with Gasteiger partial charge in [0, 0.05) is 18.0 Å². The van der Waals surface area contributed by atoms with Crippen LogP contribution in [0.1, 0.15) is 48.4 Å². The largest absolute Gasteiger partial charge is 0.481 e. The number of hydrogen-bond donors (Lipinski definition) is 2. The van der Waals surface area contributed by atoms with E-state index in [1.165, 1.54) is 5.56 Å². The van der Waals surface area contributed by atoms with Crippen molar-refractivity contribution >= 4 is 11.8 Å². The first-order valence-corrected chi connectivity index (χ1v) is 10.3. The van der Waals surface area contributed by atoms with Gasteiger partial charge in [0.05, 0.1) is 12.0 Å². The zero-order valence-electron chi connectivity index (χ0n) is 17.8. The van der Waals surface area contributed by atoms with E-state index in [9.17, 15) is 9.90 Å². The summed E-state index contributed by atoms with van der Waals surface area (Å²) in [6, 6.07) is 11.5. The van der Waals surface area contributed by atoms with E-state index in [0.717, 1.165) is 11.1 Å². The highest BCUT2D eigenvalue weighted by Gasteiger charge is 2.23. The van der Waals surface area contributed by atoms with Crippen LogP contribution in [0.25, 0.3) is 11.4 Å². The lowest BCUT2D eigenvalue weighted by Crippen LogP contribution is -2.15. The van der Waals surface area contributed by atoms with Gasteiger partial charge in [-0.05, 0) is 29.5 Å². The first-order chi connectivity index (χ1) is 15.4. The highest BCUT2D eigenvalue weighted by Crippen LogP contribution is 2.22. The molecule has 1 atom stereocenters. The lowest BCUT2D eigenvalue weighted by molar-refractivity contribution is -0.138. The molecule has 9 nitrogen and oxygen atoms in total.